The van der Waals surface area contributed by atoms with Crippen LogP contribution in [-0.4, -0.2) is 17.0 Å². The van der Waals surface area contributed by atoms with Crippen LogP contribution in [0, 0.1) is 0 Å². The zero-order chi connectivity index (χ0) is 11.7. The maximum atomic E-state index is 11.8. The van der Waals surface area contributed by atoms with Crippen LogP contribution >= 0.6 is 15.9 Å². The van der Waals surface area contributed by atoms with Gasteiger partial charge in [-0.15, -0.1) is 0 Å². The lowest BCUT2D eigenvalue weighted by molar-refractivity contribution is 0.611. The largest absolute Gasteiger partial charge is 0.311 e. The molecule has 0 radical (unpaired) electrons. The second kappa shape index (κ2) is 4.35. The minimum Gasteiger partial charge on any atom is -0.311 e. The zero-order valence-corrected chi connectivity index (χ0v) is 10.6. The van der Waals surface area contributed by atoms with Gasteiger partial charge in [-0.05, 0) is 42.0 Å². The normalized spacial score (nSPS) is 12.9. The molecule has 0 aliphatic heterocycles. The van der Waals surface area contributed by atoms with E-state index in [4.69, 9.17) is 0 Å². The van der Waals surface area contributed by atoms with E-state index in [1.165, 1.54) is 0 Å². The van der Waals surface area contributed by atoms with Crippen molar-refractivity contribution in [3.63, 3.8) is 0 Å². The summed E-state index contributed by atoms with van der Waals surface area (Å²) in [5, 5.41) is 3.64. The van der Waals surface area contributed by atoms with E-state index in [1.807, 2.05) is 26.1 Å². The summed E-state index contributed by atoms with van der Waals surface area (Å²) < 4.78 is 0.834. The fourth-order valence-electron chi connectivity index (χ4n) is 1.49. The molecular weight excluding hydrogens is 270 g/mol. The van der Waals surface area contributed by atoms with E-state index in [9.17, 15) is 4.79 Å². The number of aromatic amines is 1. The van der Waals surface area contributed by atoms with Gasteiger partial charge in [-0.2, -0.15) is 0 Å². The highest BCUT2D eigenvalue weighted by atomic mass is 79.9. The molecular formula is C11H12BrN3O. The molecule has 1 aromatic heterocycles. The van der Waals surface area contributed by atoms with Gasteiger partial charge in [-0.1, -0.05) is 6.07 Å². The first-order chi connectivity index (χ1) is 7.63. The summed E-state index contributed by atoms with van der Waals surface area (Å²) in [6, 6.07) is 5.48. The Kier molecular flexibility index (Phi) is 3.07. The molecule has 0 saturated carbocycles. The van der Waals surface area contributed by atoms with E-state index in [0.29, 0.717) is 16.7 Å². The first-order valence-corrected chi connectivity index (χ1v) is 5.78. The molecule has 1 atom stereocenters. The summed E-state index contributed by atoms with van der Waals surface area (Å²) in [5.41, 5.74) is 0.590. The molecule has 2 N–H and O–H groups in total. The Hall–Kier alpha value is -1.20. The van der Waals surface area contributed by atoms with Gasteiger partial charge < -0.3 is 10.3 Å². The molecule has 2 aromatic rings. The highest BCUT2D eigenvalue weighted by molar-refractivity contribution is 9.10. The molecule has 16 heavy (non-hydrogen) atoms. The van der Waals surface area contributed by atoms with E-state index in [1.54, 1.807) is 6.07 Å². The van der Waals surface area contributed by atoms with Gasteiger partial charge in [-0.25, -0.2) is 4.98 Å². The van der Waals surface area contributed by atoms with Gasteiger partial charge in [0, 0.05) is 4.47 Å². The molecule has 2 rings (SSSR count). The van der Waals surface area contributed by atoms with E-state index >= 15 is 0 Å². The van der Waals surface area contributed by atoms with Gasteiger partial charge >= 0.3 is 0 Å². The van der Waals surface area contributed by atoms with Gasteiger partial charge in [0.25, 0.3) is 5.56 Å². The molecule has 0 amide bonds. The number of nitrogens with one attached hydrogen (secondary N) is 2. The number of nitrogens with zero attached hydrogens (tertiary/aromatic N) is 1. The third kappa shape index (κ3) is 1.88. The standard InChI is InChI=1S/C11H12BrN3O/c1-6(13-2)10-14-9-7(11(16)15-10)4-3-5-8(9)12/h3-6,13H,1-2H3,(H,14,15,16). The van der Waals surface area contributed by atoms with Crippen molar-refractivity contribution in [2.45, 2.75) is 13.0 Å². The van der Waals surface area contributed by atoms with E-state index in [0.717, 1.165) is 4.47 Å². The Bertz CT molecular complexity index is 579. The van der Waals surface area contributed by atoms with Crippen molar-refractivity contribution >= 4 is 26.8 Å². The fraction of sp³-hybridized carbons (Fsp3) is 0.273. The lowest BCUT2D eigenvalue weighted by Gasteiger charge is -2.10. The Morgan fingerprint density at radius 2 is 2.25 bits per heavy atom. The number of H-pyrrole nitrogens is 1. The minimum atomic E-state index is -0.108. The number of fused-ring (bicyclic) bond motifs is 1. The van der Waals surface area contributed by atoms with Crippen LogP contribution in [0.4, 0.5) is 0 Å². The first-order valence-electron chi connectivity index (χ1n) is 4.99. The molecule has 0 aliphatic carbocycles. The summed E-state index contributed by atoms with van der Waals surface area (Å²) >= 11 is 3.40. The molecule has 4 nitrogen and oxygen atoms in total. The molecule has 0 bridgehead atoms. The predicted octanol–water partition coefficient (Wildman–Crippen LogP) is 1.97. The summed E-state index contributed by atoms with van der Waals surface area (Å²) in [5.74, 6) is 0.645. The van der Waals surface area contributed by atoms with E-state index in [2.05, 4.69) is 31.2 Å². The van der Waals surface area contributed by atoms with Crippen LogP contribution < -0.4 is 10.9 Å². The van der Waals surface area contributed by atoms with Gasteiger partial charge in [0.1, 0.15) is 5.82 Å². The lowest BCUT2D eigenvalue weighted by atomic mass is 10.2. The van der Waals surface area contributed by atoms with Crippen molar-refractivity contribution in [1.29, 1.82) is 0 Å². The van der Waals surface area contributed by atoms with Crippen molar-refractivity contribution in [3.05, 3.63) is 38.9 Å². The molecule has 1 unspecified atom stereocenters. The smallest absolute Gasteiger partial charge is 0.258 e. The van der Waals surface area contributed by atoms with Crippen molar-refractivity contribution in [2.24, 2.45) is 0 Å². The van der Waals surface area contributed by atoms with Crippen LogP contribution in [-0.2, 0) is 0 Å². The van der Waals surface area contributed by atoms with Gasteiger partial charge in [0.15, 0.2) is 0 Å². The molecule has 5 heteroatoms. The van der Waals surface area contributed by atoms with Crippen LogP contribution in [0.2, 0.25) is 0 Å². The Morgan fingerprint density at radius 3 is 2.94 bits per heavy atom. The van der Waals surface area contributed by atoms with Crippen LogP contribution in [0.15, 0.2) is 27.5 Å². The maximum absolute atomic E-state index is 11.8. The molecule has 1 heterocycles. The topological polar surface area (TPSA) is 57.8 Å². The van der Waals surface area contributed by atoms with Crippen molar-refractivity contribution in [1.82, 2.24) is 15.3 Å². The minimum absolute atomic E-state index is 0.0178. The lowest BCUT2D eigenvalue weighted by Crippen LogP contribution is -2.20. The summed E-state index contributed by atoms with van der Waals surface area (Å²) in [6.07, 6.45) is 0. The average Bonchev–Trinajstić information content (AvgIpc) is 2.29. The first kappa shape index (κ1) is 11.3. The van der Waals surface area contributed by atoms with Crippen LogP contribution in [0.5, 0.6) is 0 Å². The van der Waals surface area contributed by atoms with Gasteiger partial charge in [-0.3, -0.25) is 4.79 Å². The molecule has 0 fully saturated rings. The maximum Gasteiger partial charge on any atom is 0.258 e. The number of aromatic nitrogens is 2. The second-order valence-electron chi connectivity index (χ2n) is 3.60. The van der Waals surface area contributed by atoms with Crippen LogP contribution in [0.25, 0.3) is 10.9 Å². The third-order valence-electron chi connectivity index (χ3n) is 2.55. The number of benzene rings is 1. The molecule has 0 saturated heterocycles. The summed E-state index contributed by atoms with van der Waals surface area (Å²) in [7, 11) is 1.83. The number of halogens is 1. The van der Waals surface area contributed by atoms with E-state index in [-0.39, 0.29) is 11.6 Å². The number of hydrogen-bond donors (Lipinski definition) is 2. The average molecular weight is 282 g/mol. The number of rotatable bonds is 2. The monoisotopic (exact) mass is 281 g/mol. The third-order valence-corrected chi connectivity index (χ3v) is 3.19. The Labute approximate surface area is 101 Å². The van der Waals surface area contributed by atoms with Crippen molar-refractivity contribution in [3.8, 4) is 0 Å². The van der Waals surface area contributed by atoms with Gasteiger partial charge in [0.2, 0.25) is 0 Å². The Morgan fingerprint density at radius 1 is 1.50 bits per heavy atom. The highest BCUT2D eigenvalue weighted by Crippen LogP contribution is 2.20. The van der Waals surface area contributed by atoms with Crippen LogP contribution in [0.3, 0.4) is 0 Å². The van der Waals surface area contributed by atoms with E-state index < -0.39 is 0 Å². The number of hydrogen-bond acceptors (Lipinski definition) is 3. The van der Waals surface area contributed by atoms with Gasteiger partial charge in [0.05, 0.1) is 16.9 Å². The van der Waals surface area contributed by atoms with Crippen molar-refractivity contribution in [2.75, 3.05) is 7.05 Å². The fourth-order valence-corrected chi connectivity index (χ4v) is 1.94. The molecule has 0 aliphatic rings. The highest BCUT2D eigenvalue weighted by Gasteiger charge is 2.10. The molecule has 1 aromatic carbocycles. The Balaban J connectivity index is 2.75. The molecule has 84 valence electrons. The molecule has 0 spiro atoms. The SMILES string of the molecule is CNC(C)c1nc2c(Br)cccc2c(=O)[nH]1. The summed E-state index contributed by atoms with van der Waals surface area (Å²) in [4.78, 5) is 19.0. The zero-order valence-electron chi connectivity index (χ0n) is 9.04. The number of para-hydroxylation sites is 1. The van der Waals surface area contributed by atoms with Crippen molar-refractivity contribution < 1.29 is 0 Å². The summed E-state index contributed by atoms with van der Waals surface area (Å²) in [6.45, 7) is 1.95. The second-order valence-corrected chi connectivity index (χ2v) is 4.45. The van der Waals surface area contributed by atoms with Crippen LogP contribution in [0.1, 0.15) is 18.8 Å². The predicted molar refractivity (Wildman–Crippen MR) is 67.5 cm³/mol. The quantitative estimate of drug-likeness (QED) is 0.885.